The van der Waals surface area contributed by atoms with Crippen LogP contribution in [0, 0.1) is 10.1 Å². The van der Waals surface area contributed by atoms with E-state index in [1.807, 2.05) is 0 Å². The second-order valence-electron chi connectivity index (χ2n) is 4.38. The molecular formula is C11H15N3O4. The summed E-state index contributed by atoms with van der Waals surface area (Å²) in [7, 11) is 1.19. The summed E-state index contributed by atoms with van der Waals surface area (Å²) in [5.41, 5.74) is -0.500. The van der Waals surface area contributed by atoms with Crippen molar-refractivity contribution in [2.24, 2.45) is 0 Å². The quantitative estimate of drug-likeness (QED) is 0.467. The van der Waals surface area contributed by atoms with Crippen LogP contribution in [0.2, 0.25) is 0 Å². The molecule has 0 radical (unpaired) electrons. The largest absolute Gasteiger partial charge is 0.464 e. The first-order valence-corrected chi connectivity index (χ1v) is 5.95. The highest BCUT2D eigenvalue weighted by molar-refractivity contribution is 5.91. The molecule has 0 aromatic carbocycles. The van der Waals surface area contributed by atoms with Crippen molar-refractivity contribution in [2.75, 3.05) is 7.11 Å². The van der Waals surface area contributed by atoms with Crippen molar-refractivity contribution in [3.8, 4) is 0 Å². The van der Waals surface area contributed by atoms with Gasteiger partial charge in [-0.2, -0.15) is 5.10 Å². The molecule has 1 aliphatic carbocycles. The molecule has 1 aromatic heterocycles. The maximum atomic E-state index is 11.4. The summed E-state index contributed by atoms with van der Waals surface area (Å²) in [5.74, 6) is -0.767. The lowest BCUT2D eigenvalue weighted by Gasteiger charge is -2.21. The molecule has 0 N–H and O–H groups in total. The Morgan fingerprint density at radius 1 is 1.50 bits per heavy atom. The number of methoxy groups -OCH3 is 1. The number of hydrogen-bond donors (Lipinski definition) is 0. The van der Waals surface area contributed by atoms with Gasteiger partial charge in [-0.05, 0) is 12.8 Å². The molecule has 1 fully saturated rings. The molecule has 1 aliphatic rings. The third kappa shape index (κ3) is 2.34. The fourth-order valence-electron chi connectivity index (χ4n) is 2.29. The van der Waals surface area contributed by atoms with Gasteiger partial charge in [-0.3, -0.25) is 14.8 Å². The Morgan fingerprint density at radius 3 is 2.72 bits per heavy atom. The van der Waals surface area contributed by atoms with E-state index in [9.17, 15) is 14.9 Å². The summed E-state index contributed by atoms with van der Waals surface area (Å²) in [6.45, 7) is 0. The van der Waals surface area contributed by atoms with Crippen molar-refractivity contribution in [3.63, 3.8) is 0 Å². The number of carbonyl (C=O) groups is 1. The zero-order valence-corrected chi connectivity index (χ0v) is 10.2. The molecule has 1 heterocycles. The Kier molecular flexibility index (Phi) is 3.59. The van der Waals surface area contributed by atoms with Crippen LogP contribution >= 0.6 is 0 Å². The maximum absolute atomic E-state index is 11.4. The first kappa shape index (κ1) is 12.5. The molecule has 1 aromatic rings. The summed E-state index contributed by atoms with van der Waals surface area (Å²) >= 11 is 0. The minimum atomic E-state index is -0.767. The van der Waals surface area contributed by atoms with Crippen molar-refractivity contribution in [2.45, 2.75) is 38.1 Å². The molecule has 18 heavy (non-hydrogen) atoms. The summed E-state index contributed by atoms with van der Waals surface area (Å²) in [6.07, 6.45) is 6.59. The smallest absolute Gasteiger partial charge is 0.365 e. The third-order valence-electron chi connectivity index (χ3n) is 3.24. The summed E-state index contributed by atoms with van der Waals surface area (Å²) < 4.78 is 6.05. The Morgan fingerprint density at radius 2 is 2.17 bits per heavy atom. The van der Waals surface area contributed by atoms with E-state index < -0.39 is 10.9 Å². The number of carbonyl (C=O) groups excluding carboxylic acids is 1. The van der Waals surface area contributed by atoms with Gasteiger partial charge in [-0.1, -0.05) is 19.3 Å². The van der Waals surface area contributed by atoms with Crippen molar-refractivity contribution in [1.29, 1.82) is 0 Å². The molecule has 0 aliphatic heterocycles. The summed E-state index contributed by atoms with van der Waals surface area (Å²) in [6, 6.07) is 0.149. The molecule has 0 saturated heterocycles. The van der Waals surface area contributed by atoms with Gasteiger partial charge in [-0.25, -0.2) is 4.79 Å². The molecule has 0 atom stereocenters. The molecule has 98 valence electrons. The first-order valence-electron chi connectivity index (χ1n) is 5.95. The SMILES string of the molecule is COC(=O)c1nn(C2CCCCC2)cc1[N+](=O)[O-]. The maximum Gasteiger partial charge on any atom is 0.365 e. The first-order chi connectivity index (χ1) is 8.63. The van der Waals surface area contributed by atoms with Gasteiger partial charge in [-0.15, -0.1) is 0 Å². The van der Waals surface area contributed by atoms with Gasteiger partial charge < -0.3 is 4.74 Å². The van der Waals surface area contributed by atoms with Crippen LogP contribution in [0.4, 0.5) is 5.69 Å². The highest BCUT2D eigenvalue weighted by atomic mass is 16.6. The van der Waals surface area contributed by atoms with Crippen molar-refractivity contribution >= 4 is 11.7 Å². The number of nitrogens with zero attached hydrogens (tertiary/aromatic N) is 3. The summed E-state index contributed by atoms with van der Waals surface area (Å²) in [4.78, 5) is 21.7. The third-order valence-corrected chi connectivity index (χ3v) is 3.24. The van der Waals surface area contributed by atoms with Gasteiger partial charge in [0.05, 0.1) is 18.1 Å². The number of ether oxygens (including phenoxy) is 1. The lowest BCUT2D eigenvalue weighted by molar-refractivity contribution is -0.385. The van der Waals surface area contributed by atoms with Crippen LogP contribution in [0.25, 0.3) is 0 Å². The van der Waals surface area contributed by atoms with E-state index in [-0.39, 0.29) is 17.4 Å². The second-order valence-corrected chi connectivity index (χ2v) is 4.38. The van der Waals surface area contributed by atoms with Gasteiger partial charge in [0.15, 0.2) is 0 Å². The minimum Gasteiger partial charge on any atom is -0.464 e. The van der Waals surface area contributed by atoms with E-state index in [0.29, 0.717) is 0 Å². The van der Waals surface area contributed by atoms with E-state index >= 15 is 0 Å². The molecule has 0 bridgehead atoms. The molecule has 7 nitrogen and oxygen atoms in total. The predicted octanol–water partition coefficient (Wildman–Crippen LogP) is 2.08. The van der Waals surface area contributed by atoms with Crippen LogP contribution in [-0.4, -0.2) is 27.8 Å². The normalized spacial score (nSPS) is 16.5. The zero-order valence-electron chi connectivity index (χ0n) is 10.2. The van der Waals surface area contributed by atoms with E-state index in [1.165, 1.54) is 19.7 Å². The standard InChI is InChI=1S/C11H15N3O4/c1-18-11(15)10-9(14(16)17)7-13(12-10)8-5-3-2-4-6-8/h7-8H,2-6H2,1H3. The van der Waals surface area contributed by atoms with Gasteiger partial charge >= 0.3 is 11.7 Å². The number of hydrogen-bond acceptors (Lipinski definition) is 5. The highest BCUT2D eigenvalue weighted by Crippen LogP contribution is 2.30. The minimum absolute atomic E-state index is 0.149. The molecule has 7 heteroatoms. The number of nitro groups is 1. The average molecular weight is 253 g/mol. The lowest BCUT2D eigenvalue weighted by Crippen LogP contribution is -2.14. The Hall–Kier alpha value is -1.92. The number of esters is 1. The number of rotatable bonds is 3. The van der Waals surface area contributed by atoms with Crippen LogP contribution in [0.5, 0.6) is 0 Å². The van der Waals surface area contributed by atoms with E-state index in [1.54, 1.807) is 4.68 Å². The van der Waals surface area contributed by atoms with Crippen molar-refractivity contribution < 1.29 is 14.5 Å². The van der Waals surface area contributed by atoms with Crippen LogP contribution < -0.4 is 0 Å². The van der Waals surface area contributed by atoms with Crippen molar-refractivity contribution in [3.05, 3.63) is 22.0 Å². The highest BCUT2D eigenvalue weighted by Gasteiger charge is 2.28. The fraction of sp³-hybridized carbons (Fsp3) is 0.636. The van der Waals surface area contributed by atoms with Crippen LogP contribution in [0.15, 0.2) is 6.20 Å². The van der Waals surface area contributed by atoms with Gasteiger partial charge in [0.25, 0.3) is 0 Å². The molecule has 2 rings (SSSR count). The molecule has 0 amide bonds. The van der Waals surface area contributed by atoms with Crippen molar-refractivity contribution in [1.82, 2.24) is 9.78 Å². The predicted molar refractivity (Wildman–Crippen MR) is 62.3 cm³/mol. The average Bonchev–Trinajstić information content (AvgIpc) is 2.84. The Labute approximate surface area is 104 Å². The monoisotopic (exact) mass is 253 g/mol. The van der Waals surface area contributed by atoms with E-state index in [0.717, 1.165) is 25.7 Å². The Bertz CT molecular complexity index is 463. The topological polar surface area (TPSA) is 87.3 Å². The fourth-order valence-corrected chi connectivity index (χ4v) is 2.29. The second kappa shape index (κ2) is 5.16. The Balaban J connectivity index is 2.32. The zero-order chi connectivity index (χ0) is 13.1. The summed E-state index contributed by atoms with van der Waals surface area (Å²) in [5, 5.41) is 14.9. The van der Waals surface area contributed by atoms with Gasteiger partial charge in [0.2, 0.25) is 5.69 Å². The van der Waals surface area contributed by atoms with Crippen LogP contribution in [0.3, 0.4) is 0 Å². The molecule has 0 spiro atoms. The van der Waals surface area contributed by atoms with E-state index in [4.69, 9.17) is 0 Å². The number of aromatic nitrogens is 2. The van der Waals surface area contributed by atoms with Gasteiger partial charge in [0.1, 0.15) is 6.20 Å². The molecule has 0 unspecified atom stereocenters. The molecule has 1 saturated carbocycles. The van der Waals surface area contributed by atoms with Crippen LogP contribution in [-0.2, 0) is 4.74 Å². The van der Waals surface area contributed by atoms with Crippen LogP contribution in [0.1, 0.15) is 48.6 Å². The lowest BCUT2D eigenvalue weighted by atomic mass is 9.96. The van der Waals surface area contributed by atoms with Gasteiger partial charge in [0, 0.05) is 0 Å². The van der Waals surface area contributed by atoms with E-state index in [2.05, 4.69) is 9.84 Å². The molecular weight excluding hydrogens is 238 g/mol.